The summed E-state index contributed by atoms with van der Waals surface area (Å²) in [6, 6.07) is 5.24. The molecule has 1 aliphatic heterocycles. The number of anilines is 1. The molecule has 1 aliphatic rings. The van der Waals surface area contributed by atoms with Gasteiger partial charge in [0, 0.05) is 18.5 Å². The zero-order valence-corrected chi connectivity index (χ0v) is 10.0. The largest absolute Gasteiger partial charge is 0.482 e. The Morgan fingerprint density at radius 2 is 2.18 bits per heavy atom. The van der Waals surface area contributed by atoms with Gasteiger partial charge in [-0.25, -0.2) is 0 Å². The Kier molecular flexibility index (Phi) is 3.13. The highest BCUT2D eigenvalue weighted by Gasteiger charge is 2.24. The molecule has 0 aromatic heterocycles. The minimum absolute atomic E-state index is 0.0684. The topological polar surface area (TPSA) is 46.6 Å². The number of hydrogen-bond donors (Lipinski definition) is 0. The molecule has 0 atom stereocenters. The zero-order valence-electron chi connectivity index (χ0n) is 10.0. The third kappa shape index (κ3) is 2.02. The number of fused-ring (bicyclic) bond motifs is 1. The molecule has 1 heterocycles. The van der Waals surface area contributed by atoms with Crippen molar-refractivity contribution in [2.24, 2.45) is 0 Å². The van der Waals surface area contributed by atoms with Crippen LogP contribution in [-0.2, 0) is 4.79 Å². The van der Waals surface area contributed by atoms with E-state index in [-0.39, 0.29) is 18.3 Å². The predicted octanol–water partition coefficient (Wildman–Crippen LogP) is 2.02. The SMILES string of the molecule is CCC(=O)c1ccc2c(c1)N(CC)C(=O)CO2. The van der Waals surface area contributed by atoms with Gasteiger partial charge in [0.2, 0.25) is 0 Å². The Labute approximate surface area is 100 Å². The summed E-state index contributed by atoms with van der Waals surface area (Å²) in [6.07, 6.45) is 0.458. The molecule has 0 saturated carbocycles. The monoisotopic (exact) mass is 233 g/mol. The van der Waals surface area contributed by atoms with E-state index in [1.54, 1.807) is 23.1 Å². The lowest BCUT2D eigenvalue weighted by atomic mass is 10.1. The number of hydrogen-bond acceptors (Lipinski definition) is 3. The van der Waals surface area contributed by atoms with Crippen LogP contribution in [0.1, 0.15) is 30.6 Å². The van der Waals surface area contributed by atoms with Crippen LogP contribution in [0.3, 0.4) is 0 Å². The number of rotatable bonds is 3. The van der Waals surface area contributed by atoms with Crippen LogP contribution in [0.2, 0.25) is 0 Å². The molecule has 90 valence electrons. The number of amides is 1. The molecule has 1 aromatic rings. The summed E-state index contributed by atoms with van der Waals surface area (Å²) in [6.45, 7) is 4.38. The van der Waals surface area contributed by atoms with Gasteiger partial charge in [0.15, 0.2) is 12.4 Å². The maximum Gasteiger partial charge on any atom is 0.265 e. The van der Waals surface area contributed by atoms with Gasteiger partial charge >= 0.3 is 0 Å². The number of carbonyl (C=O) groups is 2. The zero-order chi connectivity index (χ0) is 12.4. The maximum absolute atomic E-state index is 11.7. The molecular weight excluding hydrogens is 218 g/mol. The number of likely N-dealkylation sites (N-methyl/N-ethyl adjacent to an activating group) is 1. The highest BCUT2D eigenvalue weighted by atomic mass is 16.5. The Bertz CT molecular complexity index is 468. The van der Waals surface area contributed by atoms with E-state index in [1.165, 1.54) is 0 Å². The molecule has 0 saturated heterocycles. The van der Waals surface area contributed by atoms with Crippen LogP contribution >= 0.6 is 0 Å². The Hall–Kier alpha value is -1.84. The van der Waals surface area contributed by atoms with Crippen molar-refractivity contribution in [3.63, 3.8) is 0 Å². The molecule has 0 fully saturated rings. The summed E-state index contributed by atoms with van der Waals surface area (Å²) in [7, 11) is 0. The second kappa shape index (κ2) is 4.57. The van der Waals surface area contributed by atoms with Crippen molar-refractivity contribution >= 4 is 17.4 Å². The number of Topliss-reactive ketones (excluding diaryl/α,β-unsaturated/α-hetero) is 1. The number of ether oxygens (including phenoxy) is 1. The van der Waals surface area contributed by atoms with E-state index in [1.807, 2.05) is 13.8 Å². The van der Waals surface area contributed by atoms with Gasteiger partial charge in [-0.05, 0) is 25.1 Å². The van der Waals surface area contributed by atoms with Crippen LogP contribution < -0.4 is 9.64 Å². The molecule has 0 N–H and O–H groups in total. The van der Waals surface area contributed by atoms with Crippen molar-refractivity contribution in [2.75, 3.05) is 18.1 Å². The second-order valence-corrected chi connectivity index (χ2v) is 3.89. The molecule has 0 unspecified atom stereocenters. The number of benzene rings is 1. The van der Waals surface area contributed by atoms with Gasteiger partial charge in [0.1, 0.15) is 5.75 Å². The molecule has 17 heavy (non-hydrogen) atoms. The van der Waals surface area contributed by atoms with Crippen molar-refractivity contribution in [3.8, 4) is 5.75 Å². The van der Waals surface area contributed by atoms with Gasteiger partial charge in [-0.3, -0.25) is 9.59 Å². The molecule has 4 heteroatoms. The molecular formula is C13H15NO3. The number of carbonyl (C=O) groups excluding carboxylic acids is 2. The van der Waals surface area contributed by atoms with Crippen molar-refractivity contribution in [2.45, 2.75) is 20.3 Å². The van der Waals surface area contributed by atoms with Crippen LogP contribution in [0.4, 0.5) is 5.69 Å². The standard InChI is InChI=1S/C13H15NO3/c1-3-11(15)9-5-6-12-10(7-9)14(4-2)13(16)8-17-12/h5-7H,3-4,8H2,1-2H3. The van der Waals surface area contributed by atoms with Crippen molar-refractivity contribution < 1.29 is 14.3 Å². The Morgan fingerprint density at radius 3 is 2.82 bits per heavy atom. The lowest BCUT2D eigenvalue weighted by Crippen LogP contribution is -2.38. The van der Waals surface area contributed by atoms with Crippen LogP contribution in [0.15, 0.2) is 18.2 Å². The minimum Gasteiger partial charge on any atom is -0.482 e. The van der Waals surface area contributed by atoms with Gasteiger partial charge in [-0.1, -0.05) is 6.92 Å². The molecule has 0 aliphatic carbocycles. The fourth-order valence-electron chi connectivity index (χ4n) is 1.93. The van der Waals surface area contributed by atoms with Gasteiger partial charge < -0.3 is 9.64 Å². The summed E-state index contributed by atoms with van der Waals surface area (Å²) in [5, 5.41) is 0. The van der Waals surface area contributed by atoms with Crippen molar-refractivity contribution in [3.05, 3.63) is 23.8 Å². The quantitative estimate of drug-likeness (QED) is 0.750. The predicted molar refractivity (Wildman–Crippen MR) is 64.6 cm³/mol. The van der Waals surface area contributed by atoms with E-state index in [4.69, 9.17) is 4.74 Å². The Morgan fingerprint density at radius 1 is 1.41 bits per heavy atom. The average molecular weight is 233 g/mol. The summed E-state index contributed by atoms with van der Waals surface area (Å²) < 4.78 is 5.33. The molecule has 2 rings (SSSR count). The highest BCUT2D eigenvalue weighted by Crippen LogP contribution is 2.33. The normalized spacial score (nSPS) is 14.2. The molecule has 0 spiro atoms. The first-order valence-electron chi connectivity index (χ1n) is 5.77. The summed E-state index contributed by atoms with van der Waals surface area (Å²) in [4.78, 5) is 24.9. The van der Waals surface area contributed by atoms with E-state index in [0.717, 1.165) is 0 Å². The first-order chi connectivity index (χ1) is 8.17. The fraction of sp³-hybridized carbons (Fsp3) is 0.385. The Balaban J connectivity index is 2.45. The van der Waals surface area contributed by atoms with E-state index >= 15 is 0 Å². The molecule has 0 bridgehead atoms. The van der Waals surface area contributed by atoms with Gasteiger partial charge in [0.05, 0.1) is 5.69 Å². The maximum atomic E-state index is 11.7. The molecule has 4 nitrogen and oxygen atoms in total. The average Bonchev–Trinajstić information content (AvgIpc) is 2.37. The second-order valence-electron chi connectivity index (χ2n) is 3.89. The van der Waals surface area contributed by atoms with Gasteiger partial charge in [-0.2, -0.15) is 0 Å². The molecule has 1 amide bonds. The molecule has 1 aromatic carbocycles. The lowest BCUT2D eigenvalue weighted by Gasteiger charge is -2.28. The van der Waals surface area contributed by atoms with Crippen LogP contribution in [0, 0.1) is 0 Å². The summed E-state index contributed by atoms with van der Waals surface area (Å²) in [5.74, 6) is 0.669. The van der Waals surface area contributed by atoms with E-state index < -0.39 is 0 Å². The highest BCUT2D eigenvalue weighted by molar-refractivity contribution is 6.01. The van der Waals surface area contributed by atoms with Crippen molar-refractivity contribution in [1.82, 2.24) is 0 Å². The summed E-state index contributed by atoms with van der Waals surface area (Å²) in [5.41, 5.74) is 1.33. The van der Waals surface area contributed by atoms with Crippen LogP contribution in [0.5, 0.6) is 5.75 Å². The number of ketones is 1. The van der Waals surface area contributed by atoms with Gasteiger partial charge in [0.25, 0.3) is 5.91 Å². The fourth-order valence-corrected chi connectivity index (χ4v) is 1.93. The van der Waals surface area contributed by atoms with E-state index in [0.29, 0.717) is 30.0 Å². The number of nitrogens with zero attached hydrogens (tertiary/aromatic N) is 1. The molecule has 0 radical (unpaired) electrons. The van der Waals surface area contributed by atoms with E-state index in [9.17, 15) is 9.59 Å². The minimum atomic E-state index is -0.0684. The van der Waals surface area contributed by atoms with Crippen LogP contribution in [0.25, 0.3) is 0 Å². The first kappa shape index (κ1) is 11.6. The summed E-state index contributed by atoms with van der Waals surface area (Å²) >= 11 is 0. The van der Waals surface area contributed by atoms with E-state index in [2.05, 4.69) is 0 Å². The smallest absolute Gasteiger partial charge is 0.265 e. The van der Waals surface area contributed by atoms with Crippen LogP contribution in [-0.4, -0.2) is 24.8 Å². The lowest BCUT2D eigenvalue weighted by molar-refractivity contribution is -0.121. The third-order valence-corrected chi connectivity index (χ3v) is 2.86. The third-order valence-electron chi connectivity index (χ3n) is 2.86. The van der Waals surface area contributed by atoms with Crippen molar-refractivity contribution in [1.29, 1.82) is 0 Å². The van der Waals surface area contributed by atoms with Gasteiger partial charge in [-0.15, -0.1) is 0 Å². The first-order valence-corrected chi connectivity index (χ1v) is 5.77.